The van der Waals surface area contributed by atoms with Crippen molar-refractivity contribution in [2.45, 2.75) is 43.4 Å². The van der Waals surface area contributed by atoms with Crippen molar-refractivity contribution in [1.82, 2.24) is 4.90 Å². The van der Waals surface area contributed by atoms with Crippen LogP contribution in [0, 0.1) is 29.1 Å². The van der Waals surface area contributed by atoms with E-state index in [1.54, 1.807) is 30.3 Å². The Morgan fingerprint density at radius 2 is 1.30 bits per heavy atom. The van der Waals surface area contributed by atoms with E-state index < -0.39 is 40.4 Å². The van der Waals surface area contributed by atoms with Crippen LogP contribution in [0.5, 0.6) is 5.75 Å². The van der Waals surface area contributed by atoms with Gasteiger partial charge in [0, 0.05) is 24.9 Å². The maximum Gasteiger partial charge on any atom is 0.207 e. The quantitative estimate of drug-likeness (QED) is 0.424. The predicted molar refractivity (Wildman–Crippen MR) is 88.8 cm³/mol. The molecule has 0 saturated carbocycles. The summed E-state index contributed by atoms with van der Waals surface area (Å²) in [7, 11) is 1.98. The molecule has 0 amide bonds. The second-order valence-corrected chi connectivity index (χ2v) is 7.32. The maximum atomic E-state index is 14.3. The molecule has 0 aliphatic carbocycles. The van der Waals surface area contributed by atoms with Gasteiger partial charge >= 0.3 is 0 Å². The fraction of sp³-hybridized carbons (Fsp3) is 0.400. The highest BCUT2D eigenvalue weighted by atomic mass is 19.2. The van der Waals surface area contributed by atoms with Crippen LogP contribution in [-0.4, -0.2) is 24.0 Å². The molecule has 2 nitrogen and oxygen atoms in total. The molecule has 4 rings (SSSR count). The molecule has 2 bridgehead atoms. The SMILES string of the molecule is CN1[C@@H]2CC[C@H]1CC(Oc1c(F)c(F)c(F)c(F)c1F)(c1ccccc1)C2. The van der Waals surface area contributed by atoms with Gasteiger partial charge in [0.1, 0.15) is 5.60 Å². The van der Waals surface area contributed by atoms with Gasteiger partial charge in [-0.1, -0.05) is 30.3 Å². The van der Waals surface area contributed by atoms with Crippen molar-refractivity contribution >= 4 is 0 Å². The summed E-state index contributed by atoms with van der Waals surface area (Å²) in [5.74, 6) is -11.3. The van der Waals surface area contributed by atoms with Crippen LogP contribution in [0.25, 0.3) is 0 Å². The molecule has 0 N–H and O–H groups in total. The van der Waals surface area contributed by atoms with Crippen LogP contribution in [0.1, 0.15) is 31.2 Å². The van der Waals surface area contributed by atoms with Gasteiger partial charge in [0.25, 0.3) is 0 Å². The van der Waals surface area contributed by atoms with Gasteiger partial charge in [-0.2, -0.15) is 8.78 Å². The lowest BCUT2D eigenvalue weighted by molar-refractivity contribution is -0.0340. The van der Waals surface area contributed by atoms with Crippen LogP contribution < -0.4 is 4.74 Å². The highest BCUT2D eigenvalue weighted by molar-refractivity contribution is 5.34. The Hall–Kier alpha value is -2.15. The first-order valence-electron chi connectivity index (χ1n) is 8.82. The summed E-state index contributed by atoms with van der Waals surface area (Å²) in [5, 5.41) is 0. The molecule has 1 unspecified atom stereocenters. The fourth-order valence-corrected chi connectivity index (χ4v) is 4.42. The van der Waals surface area contributed by atoms with Gasteiger partial charge in [-0.25, -0.2) is 13.2 Å². The van der Waals surface area contributed by atoms with Gasteiger partial charge in [-0.3, -0.25) is 0 Å². The Morgan fingerprint density at radius 1 is 0.815 bits per heavy atom. The van der Waals surface area contributed by atoms with Crippen molar-refractivity contribution in [1.29, 1.82) is 0 Å². The zero-order valence-electron chi connectivity index (χ0n) is 14.6. The maximum absolute atomic E-state index is 14.3. The Bertz CT molecular complexity index is 829. The van der Waals surface area contributed by atoms with E-state index in [1.165, 1.54) is 0 Å². The minimum absolute atomic E-state index is 0.116. The number of halogens is 5. The molecule has 2 fully saturated rings. The lowest BCUT2D eigenvalue weighted by Gasteiger charge is -2.45. The zero-order valence-corrected chi connectivity index (χ0v) is 14.6. The number of hydrogen-bond donors (Lipinski definition) is 0. The monoisotopic (exact) mass is 383 g/mol. The third-order valence-electron chi connectivity index (χ3n) is 5.88. The molecule has 0 radical (unpaired) electrons. The van der Waals surface area contributed by atoms with E-state index in [0.717, 1.165) is 12.8 Å². The number of nitrogens with zero attached hydrogens (tertiary/aromatic N) is 1. The van der Waals surface area contributed by atoms with Crippen LogP contribution in [0.4, 0.5) is 22.0 Å². The molecule has 2 heterocycles. The second-order valence-electron chi connectivity index (χ2n) is 7.32. The van der Waals surface area contributed by atoms with Crippen LogP contribution in [0.3, 0.4) is 0 Å². The highest BCUT2D eigenvalue weighted by Crippen LogP contribution is 2.48. The zero-order chi connectivity index (χ0) is 19.3. The number of fused-ring (bicyclic) bond motifs is 2. The molecule has 7 heteroatoms. The van der Waals surface area contributed by atoms with E-state index in [1.807, 2.05) is 7.05 Å². The van der Waals surface area contributed by atoms with Crippen molar-refractivity contribution in [3.8, 4) is 5.75 Å². The molecule has 3 atom stereocenters. The number of piperidine rings is 1. The predicted octanol–water partition coefficient (Wildman–Crippen LogP) is 4.91. The molecule has 2 aliphatic heterocycles. The van der Waals surface area contributed by atoms with Gasteiger partial charge in [-0.05, 0) is 25.5 Å². The van der Waals surface area contributed by atoms with Crippen LogP contribution in [0.2, 0.25) is 0 Å². The van der Waals surface area contributed by atoms with Crippen LogP contribution in [0.15, 0.2) is 30.3 Å². The summed E-state index contributed by atoms with van der Waals surface area (Å²) in [5.41, 5.74) is -0.489. The summed E-state index contributed by atoms with van der Waals surface area (Å²) >= 11 is 0. The molecule has 2 aliphatic rings. The van der Waals surface area contributed by atoms with Gasteiger partial charge < -0.3 is 9.64 Å². The average molecular weight is 383 g/mol. The van der Waals surface area contributed by atoms with Gasteiger partial charge in [-0.15, -0.1) is 0 Å². The van der Waals surface area contributed by atoms with Crippen molar-refractivity contribution in [3.05, 3.63) is 65.0 Å². The first-order chi connectivity index (χ1) is 12.8. The summed E-state index contributed by atoms with van der Waals surface area (Å²) in [4.78, 5) is 2.20. The number of hydrogen-bond acceptors (Lipinski definition) is 2. The number of rotatable bonds is 3. The Labute approximate surface area is 153 Å². The van der Waals surface area contributed by atoms with E-state index >= 15 is 0 Å². The lowest BCUT2D eigenvalue weighted by atomic mass is 9.80. The topological polar surface area (TPSA) is 12.5 Å². The third-order valence-corrected chi connectivity index (χ3v) is 5.88. The van der Waals surface area contributed by atoms with Crippen molar-refractivity contribution in [3.63, 3.8) is 0 Å². The molecule has 144 valence electrons. The van der Waals surface area contributed by atoms with Crippen LogP contribution >= 0.6 is 0 Å². The molecule has 2 saturated heterocycles. The first-order valence-corrected chi connectivity index (χ1v) is 8.82. The van der Waals surface area contributed by atoms with Gasteiger partial charge in [0.2, 0.25) is 29.1 Å². The van der Waals surface area contributed by atoms with Crippen molar-refractivity contribution in [2.75, 3.05) is 7.05 Å². The number of benzene rings is 2. The third kappa shape index (κ3) is 2.79. The van der Waals surface area contributed by atoms with E-state index in [2.05, 4.69) is 4.90 Å². The second kappa shape index (κ2) is 6.48. The molecular weight excluding hydrogens is 365 g/mol. The molecule has 2 aromatic carbocycles. The first kappa shape index (κ1) is 18.2. The summed E-state index contributed by atoms with van der Waals surface area (Å²) in [6.07, 6.45) is 2.61. The van der Waals surface area contributed by atoms with E-state index in [-0.39, 0.29) is 12.1 Å². The minimum atomic E-state index is -2.19. The standard InChI is InChI=1S/C20H18F5NO/c1-26-12-7-8-13(26)10-20(9-12,11-5-3-2-4-6-11)27-19-17(24)15(22)14(21)16(23)18(19)25/h2-6,12-13H,7-10H2,1H3/t12-,13+,20?. The molecule has 0 spiro atoms. The van der Waals surface area contributed by atoms with E-state index in [9.17, 15) is 22.0 Å². The van der Waals surface area contributed by atoms with Crippen molar-refractivity contribution in [2.24, 2.45) is 0 Å². The molecule has 0 aromatic heterocycles. The fourth-order valence-electron chi connectivity index (χ4n) is 4.42. The molecular formula is C20H18F5NO. The molecule has 2 aromatic rings. The molecule has 27 heavy (non-hydrogen) atoms. The smallest absolute Gasteiger partial charge is 0.207 e. The average Bonchev–Trinajstić information content (AvgIpc) is 2.90. The van der Waals surface area contributed by atoms with Crippen molar-refractivity contribution < 1.29 is 26.7 Å². The van der Waals surface area contributed by atoms with Gasteiger partial charge in [0.15, 0.2) is 5.75 Å². The van der Waals surface area contributed by atoms with E-state index in [4.69, 9.17) is 4.74 Å². The largest absolute Gasteiger partial charge is 0.476 e. The summed E-state index contributed by atoms with van der Waals surface area (Å²) in [6.45, 7) is 0. The van der Waals surface area contributed by atoms with Crippen LogP contribution in [-0.2, 0) is 5.60 Å². The minimum Gasteiger partial charge on any atom is -0.476 e. The number of ether oxygens (including phenoxy) is 1. The highest BCUT2D eigenvalue weighted by Gasteiger charge is 2.50. The lowest BCUT2D eigenvalue weighted by Crippen LogP contribution is -2.50. The normalized spacial score (nSPS) is 27.8. The summed E-state index contributed by atoms with van der Waals surface area (Å²) in [6, 6.07) is 9.07. The van der Waals surface area contributed by atoms with Gasteiger partial charge in [0.05, 0.1) is 0 Å². The Kier molecular flexibility index (Phi) is 4.37. The Balaban J connectivity index is 1.83. The van der Waals surface area contributed by atoms with E-state index in [0.29, 0.717) is 18.4 Å². The Morgan fingerprint density at radius 3 is 1.81 bits per heavy atom. The summed E-state index contributed by atoms with van der Waals surface area (Å²) < 4.78 is 75.0.